The third-order valence-electron chi connectivity index (χ3n) is 6.13. The average molecular weight is 237 g/mol. The monoisotopic (exact) mass is 237 g/mol. The summed E-state index contributed by atoms with van der Waals surface area (Å²) < 4.78 is 0. The van der Waals surface area contributed by atoms with Gasteiger partial charge < -0.3 is 10.4 Å². The first kappa shape index (κ1) is 12.0. The molecule has 0 saturated heterocycles. The summed E-state index contributed by atoms with van der Waals surface area (Å²) in [6, 6.07) is 0.960. The number of aliphatic hydroxyl groups excluding tert-OH is 1. The Morgan fingerprint density at radius 3 is 2.41 bits per heavy atom. The van der Waals surface area contributed by atoms with Crippen LogP contribution in [0, 0.1) is 16.7 Å². The fourth-order valence-corrected chi connectivity index (χ4v) is 5.07. The van der Waals surface area contributed by atoms with Crippen molar-refractivity contribution in [1.29, 1.82) is 0 Å². The Kier molecular flexibility index (Phi) is 2.61. The van der Waals surface area contributed by atoms with E-state index in [2.05, 4.69) is 26.1 Å². The second-order valence-electron chi connectivity index (χ2n) is 7.62. The van der Waals surface area contributed by atoms with Crippen LogP contribution in [0.2, 0.25) is 0 Å². The smallest absolute Gasteiger partial charge is 0.0693 e. The lowest BCUT2D eigenvalue weighted by atomic mass is 9.68. The second-order valence-corrected chi connectivity index (χ2v) is 7.62. The lowest BCUT2D eigenvalue weighted by Crippen LogP contribution is -2.55. The summed E-state index contributed by atoms with van der Waals surface area (Å²) in [7, 11) is 0. The van der Waals surface area contributed by atoms with Gasteiger partial charge in [0.2, 0.25) is 0 Å². The van der Waals surface area contributed by atoms with Gasteiger partial charge in [0.05, 0.1) is 6.10 Å². The van der Waals surface area contributed by atoms with Crippen molar-refractivity contribution in [3.8, 4) is 0 Å². The molecular formula is C15H27NO. The van der Waals surface area contributed by atoms with E-state index < -0.39 is 0 Å². The predicted octanol–water partition coefficient (Wildman–Crippen LogP) is 2.70. The zero-order chi connectivity index (χ0) is 12.3. The number of aliphatic hydroxyl groups is 1. The van der Waals surface area contributed by atoms with Crippen LogP contribution in [-0.2, 0) is 0 Å². The minimum absolute atomic E-state index is 0.103. The van der Waals surface area contributed by atoms with Gasteiger partial charge in [-0.15, -0.1) is 0 Å². The molecular weight excluding hydrogens is 210 g/mol. The zero-order valence-corrected chi connectivity index (χ0v) is 11.5. The highest BCUT2D eigenvalue weighted by Gasteiger charge is 2.59. The van der Waals surface area contributed by atoms with E-state index in [1.807, 2.05) is 0 Å². The molecule has 0 heterocycles. The van der Waals surface area contributed by atoms with Crippen LogP contribution in [0.1, 0.15) is 59.3 Å². The Morgan fingerprint density at radius 1 is 1.12 bits per heavy atom. The summed E-state index contributed by atoms with van der Waals surface area (Å²) in [6.45, 7) is 7.32. The fraction of sp³-hybridized carbons (Fsp3) is 1.00. The molecule has 0 aliphatic heterocycles. The van der Waals surface area contributed by atoms with Crippen molar-refractivity contribution in [1.82, 2.24) is 5.32 Å². The number of hydrogen-bond donors (Lipinski definition) is 2. The highest BCUT2D eigenvalue weighted by atomic mass is 16.3. The normalized spacial score (nSPS) is 52.2. The third-order valence-corrected chi connectivity index (χ3v) is 6.13. The molecule has 0 spiro atoms. The Balaban J connectivity index is 1.77. The Bertz CT molecular complexity index is 309. The number of nitrogens with one attached hydrogen (secondary N) is 1. The van der Waals surface area contributed by atoms with Crippen molar-refractivity contribution >= 4 is 0 Å². The van der Waals surface area contributed by atoms with Gasteiger partial charge in [0.25, 0.3) is 0 Å². The van der Waals surface area contributed by atoms with Gasteiger partial charge in [-0.3, -0.25) is 0 Å². The van der Waals surface area contributed by atoms with Crippen LogP contribution in [-0.4, -0.2) is 23.3 Å². The van der Waals surface area contributed by atoms with Gasteiger partial charge in [-0.05, 0) is 55.3 Å². The topological polar surface area (TPSA) is 32.3 Å². The molecule has 2 bridgehead atoms. The Labute approximate surface area is 105 Å². The maximum atomic E-state index is 10.0. The van der Waals surface area contributed by atoms with E-state index in [0.717, 1.165) is 18.8 Å². The maximum Gasteiger partial charge on any atom is 0.0693 e. The van der Waals surface area contributed by atoms with Gasteiger partial charge in [-0.25, -0.2) is 0 Å². The van der Waals surface area contributed by atoms with Crippen LogP contribution in [0.5, 0.6) is 0 Å². The molecule has 0 radical (unpaired) electrons. The summed E-state index contributed by atoms with van der Waals surface area (Å²) in [5.41, 5.74) is 0.895. The predicted molar refractivity (Wildman–Crippen MR) is 69.8 cm³/mol. The lowest BCUT2D eigenvalue weighted by Gasteiger charge is -2.45. The van der Waals surface area contributed by atoms with E-state index >= 15 is 0 Å². The number of hydrogen-bond acceptors (Lipinski definition) is 2. The summed E-state index contributed by atoms with van der Waals surface area (Å²) in [5.74, 6) is 0.892. The number of fused-ring (bicyclic) bond motifs is 2. The van der Waals surface area contributed by atoms with Gasteiger partial charge in [0, 0.05) is 12.1 Å². The van der Waals surface area contributed by atoms with Crippen LogP contribution < -0.4 is 5.32 Å². The van der Waals surface area contributed by atoms with Gasteiger partial charge >= 0.3 is 0 Å². The molecule has 2 nitrogen and oxygen atoms in total. The molecule has 3 aliphatic carbocycles. The minimum Gasteiger partial charge on any atom is -0.392 e. The first-order chi connectivity index (χ1) is 7.93. The standard InChI is InChI=1S/C15H27NO/c1-14(2)10-7-8-15(3,9-10)13(14)16-11-5-4-6-12(11)17/h10-13,16-17H,4-9H2,1-3H3. The van der Waals surface area contributed by atoms with E-state index in [4.69, 9.17) is 0 Å². The molecule has 2 N–H and O–H groups in total. The Hall–Kier alpha value is -0.0800. The van der Waals surface area contributed by atoms with Gasteiger partial charge in [0.1, 0.15) is 0 Å². The first-order valence-electron chi connectivity index (χ1n) is 7.38. The summed E-state index contributed by atoms with van der Waals surface area (Å²) in [4.78, 5) is 0. The van der Waals surface area contributed by atoms with E-state index in [0.29, 0.717) is 22.9 Å². The van der Waals surface area contributed by atoms with Crippen molar-refractivity contribution in [2.45, 2.75) is 77.5 Å². The molecule has 2 heteroatoms. The van der Waals surface area contributed by atoms with Crippen LogP contribution in [0.15, 0.2) is 0 Å². The van der Waals surface area contributed by atoms with E-state index in [1.54, 1.807) is 0 Å². The van der Waals surface area contributed by atoms with Crippen molar-refractivity contribution in [2.24, 2.45) is 16.7 Å². The van der Waals surface area contributed by atoms with Crippen LogP contribution >= 0.6 is 0 Å². The van der Waals surface area contributed by atoms with Crippen molar-refractivity contribution in [3.05, 3.63) is 0 Å². The van der Waals surface area contributed by atoms with Gasteiger partial charge in [-0.2, -0.15) is 0 Å². The molecule has 5 atom stereocenters. The molecule has 3 rings (SSSR count). The molecule has 0 aromatic carbocycles. The first-order valence-corrected chi connectivity index (χ1v) is 7.38. The summed E-state index contributed by atoms with van der Waals surface area (Å²) >= 11 is 0. The molecule has 0 aromatic heterocycles. The Morgan fingerprint density at radius 2 is 1.88 bits per heavy atom. The quantitative estimate of drug-likeness (QED) is 0.774. The molecule has 3 aliphatic rings. The van der Waals surface area contributed by atoms with E-state index in [1.165, 1.54) is 25.7 Å². The molecule has 0 aromatic rings. The van der Waals surface area contributed by atoms with Crippen LogP contribution in [0.3, 0.4) is 0 Å². The van der Waals surface area contributed by atoms with E-state index in [9.17, 15) is 5.11 Å². The largest absolute Gasteiger partial charge is 0.392 e. The highest BCUT2D eigenvalue weighted by molar-refractivity contribution is 5.13. The molecule has 5 unspecified atom stereocenters. The highest BCUT2D eigenvalue weighted by Crippen LogP contribution is 2.62. The molecule has 17 heavy (non-hydrogen) atoms. The van der Waals surface area contributed by atoms with E-state index in [-0.39, 0.29) is 6.10 Å². The molecule has 3 fully saturated rings. The third kappa shape index (κ3) is 1.67. The number of rotatable bonds is 2. The van der Waals surface area contributed by atoms with Crippen LogP contribution in [0.25, 0.3) is 0 Å². The SMILES string of the molecule is CC12CCC(C1)C(C)(C)C2NC1CCCC1O. The molecule has 0 amide bonds. The fourth-order valence-electron chi connectivity index (χ4n) is 5.07. The molecule has 3 saturated carbocycles. The van der Waals surface area contributed by atoms with Crippen molar-refractivity contribution in [3.63, 3.8) is 0 Å². The average Bonchev–Trinajstić information content (AvgIpc) is 2.85. The lowest BCUT2D eigenvalue weighted by molar-refractivity contribution is 0.0699. The van der Waals surface area contributed by atoms with Crippen LogP contribution in [0.4, 0.5) is 0 Å². The maximum absolute atomic E-state index is 10.0. The summed E-state index contributed by atoms with van der Waals surface area (Å²) in [5, 5.41) is 13.9. The molecule has 98 valence electrons. The van der Waals surface area contributed by atoms with Crippen molar-refractivity contribution < 1.29 is 5.11 Å². The zero-order valence-electron chi connectivity index (χ0n) is 11.5. The van der Waals surface area contributed by atoms with Crippen molar-refractivity contribution in [2.75, 3.05) is 0 Å². The summed E-state index contributed by atoms with van der Waals surface area (Å²) in [6.07, 6.45) is 7.41. The van der Waals surface area contributed by atoms with Gasteiger partial charge in [-0.1, -0.05) is 20.8 Å². The minimum atomic E-state index is -0.103. The second kappa shape index (κ2) is 3.71. The van der Waals surface area contributed by atoms with Gasteiger partial charge in [0.15, 0.2) is 0 Å².